The molecule has 0 saturated heterocycles. The van der Waals surface area contributed by atoms with Gasteiger partial charge in [-0.3, -0.25) is 0 Å². The number of hydrogen-bond acceptors (Lipinski definition) is 6. The molecule has 0 saturated carbocycles. The molecule has 0 aliphatic heterocycles. The zero-order valence-corrected chi connectivity index (χ0v) is 13.7. The van der Waals surface area contributed by atoms with E-state index in [1.54, 1.807) is 43.5 Å². The number of nitrogens with one attached hydrogen (secondary N) is 1. The lowest BCUT2D eigenvalue weighted by Gasteiger charge is -2.11. The molecule has 7 heteroatoms. The summed E-state index contributed by atoms with van der Waals surface area (Å²) < 4.78 is 5.37. The third-order valence-electron chi connectivity index (χ3n) is 3.36. The summed E-state index contributed by atoms with van der Waals surface area (Å²) in [6.45, 7) is 0. The minimum absolute atomic E-state index is 0.146. The van der Waals surface area contributed by atoms with Crippen LogP contribution in [0.1, 0.15) is 0 Å². The Morgan fingerprint density at radius 2 is 1.75 bits per heavy atom. The number of nitrogen functional groups attached to an aromatic ring is 2. The molecule has 1 aromatic heterocycles. The maximum atomic E-state index is 6.09. The summed E-state index contributed by atoms with van der Waals surface area (Å²) in [7, 11) is 1.59. The van der Waals surface area contributed by atoms with Crippen molar-refractivity contribution in [2.45, 2.75) is 0 Å². The Morgan fingerprint density at radius 1 is 1.00 bits per heavy atom. The van der Waals surface area contributed by atoms with Crippen molar-refractivity contribution in [3.63, 3.8) is 0 Å². The molecule has 0 aliphatic rings. The van der Waals surface area contributed by atoms with E-state index in [1.807, 2.05) is 12.1 Å². The molecule has 6 nitrogen and oxygen atoms in total. The molecule has 0 unspecified atom stereocenters. The number of halogens is 1. The topological polar surface area (TPSA) is 99.1 Å². The first-order chi connectivity index (χ1) is 11.5. The SMILES string of the molecule is COc1ccc(Cl)cc1-c1cc(Nc2ccc(N)cc2)nc(N)n1. The minimum atomic E-state index is 0.146. The van der Waals surface area contributed by atoms with E-state index >= 15 is 0 Å². The van der Waals surface area contributed by atoms with E-state index in [9.17, 15) is 0 Å². The molecule has 1 heterocycles. The Morgan fingerprint density at radius 3 is 2.46 bits per heavy atom. The largest absolute Gasteiger partial charge is 0.496 e. The van der Waals surface area contributed by atoms with E-state index in [0.29, 0.717) is 28.0 Å². The fourth-order valence-electron chi connectivity index (χ4n) is 2.26. The third-order valence-corrected chi connectivity index (χ3v) is 3.60. The Balaban J connectivity index is 2.00. The Labute approximate surface area is 144 Å². The molecule has 24 heavy (non-hydrogen) atoms. The standard InChI is InChI=1S/C17H16ClN5O/c1-24-15-7-2-10(18)8-13(15)14-9-16(23-17(20)22-14)21-12-5-3-11(19)4-6-12/h2-9H,19H2,1H3,(H3,20,21,22,23). The quantitative estimate of drug-likeness (QED) is 0.625. The summed E-state index contributed by atoms with van der Waals surface area (Å²) >= 11 is 6.09. The van der Waals surface area contributed by atoms with Crippen molar-refractivity contribution >= 4 is 34.7 Å². The van der Waals surface area contributed by atoms with Crippen LogP contribution in [-0.4, -0.2) is 17.1 Å². The fraction of sp³-hybridized carbons (Fsp3) is 0.0588. The monoisotopic (exact) mass is 341 g/mol. The van der Waals surface area contributed by atoms with Crippen LogP contribution in [0.4, 0.5) is 23.1 Å². The summed E-state index contributed by atoms with van der Waals surface area (Å²) in [6.07, 6.45) is 0. The average molecular weight is 342 g/mol. The van der Waals surface area contributed by atoms with Crippen molar-refractivity contribution in [3.05, 3.63) is 53.6 Å². The van der Waals surface area contributed by atoms with E-state index in [4.69, 9.17) is 27.8 Å². The first-order valence-electron chi connectivity index (χ1n) is 7.16. The van der Waals surface area contributed by atoms with Crippen LogP contribution in [0.3, 0.4) is 0 Å². The maximum absolute atomic E-state index is 6.09. The van der Waals surface area contributed by atoms with Crippen molar-refractivity contribution in [3.8, 4) is 17.0 Å². The molecule has 0 amide bonds. The van der Waals surface area contributed by atoms with Crippen LogP contribution in [0.15, 0.2) is 48.5 Å². The van der Waals surface area contributed by atoms with Gasteiger partial charge in [0.25, 0.3) is 0 Å². The highest BCUT2D eigenvalue weighted by atomic mass is 35.5. The molecular weight excluding hydrogens is 326 g/mol. The molecule has 3 aromatic rings. The van der Waals surface area contributed by atoms with Gasteiger partial charge in [-0.2, -0.15) is 4.98 Å². The highest BCUT2D eigenvalue weighted by Crippen LogP contribution is 2.33. The van der Waals surface area contributed by atoms with Crippen molar-refractivity contribution in [1.29, 1.82) is 0 Å². The first-order valence-corrected chi connectivity index (χ1v) is 7.54. The number of rotatable bonds is 4. The zero-order valence-electron chi connectivity index (χ0n) is 13.0. The van der Waals surface area contributed by atoms with Gasteiger partial charge in [-0.1, -0.05) is 11.6 Å². The van der Waals surface area contributed by atoms with Gasteiger partial charge in [-0.05, 0) is 42.5 Å². The van der Waals surface area contributed by atoms with Gasteiger partial charge >= 0.3 is 0 Å². The predicted octanol–water partition coefficient (Wildman–Crippen LogP) is 3.71. The van der Waals surface area contributed by atoms with Gasteiger partial charge in [0, 0.05) is 28.0 Å². The van der Waals surface area contributed by atoms with Crippen molar-refractivity contribution in [1.82, 2.24) is 9.97 Å². The summed E-state index contributed by atoms with van der Waals surface area (Å²) in [4.78, 5) is 8.48. The summed E-state index contributed by atoms with van der Waals surface area (Å²) in [5.41, 5.74) is 14.4. The number of anilines is 4. The molecule has 3 rings (SSSR count). The predicted molar refractivity (Wildman–Crippen MR) is 97.6 cm³/mol. The molecule has 0 bridgehead atoms. The average Bonchev–Trinajstić information content (AvgIpc) is 2.56. The molecule has 0 radical (unpaired) electrons. The Kier molecular flexibility index (Phi) is 4.39. The molecule has 0 aliphatic carbocycles. The van der Waals surface area contributed by atoms with Crippen LogP contribution >= 0.6 is 11.6 Å². The van der Waals surface area contributed by atoms with Gasteiger partial charge in [0.2, 0.25) is 5.95 Å². The lowest BCUT2D eigenvalue weighted by molar-refractivity contribution is 0.416. The van der Waals surface area contributed by atoms with Crippen LogP contribution in [0.2, 0.25) is 5.02 Å². The van der Waals surface area contributed by atoms with Crippen LogP contribution in [0.5, 0.6) is 5.75 Å². The Bertz CT molecular complexity index is 867. The molecular formula is C17H16ClN5O. The second-order valence-electron chi connectivity index (χ2n) is 5.09. The lowest BCUT2D eigenvalue weighted by Crippen LogP contribution is -2.02. The van der Waals surface area contributed by atoms with Crippen LogP contribution in [0.25, 0.3) is 11.3 Å². The normalized spacial score (nSPS) is 10.4. The molecule has 122 valence electrons. The molecule has 2 aromatic carbocycles. The third kappa shape index (κ3) is 3.49. The maximum Gasteiger partial charge on any atom is 0.222 e. The molecule has 0 atom stereocenters. The van der Waals surface area contributed by atoms with Crippen molar-refractivity contribution in [2.24, 2.45) is 0 Å². The highest BCUT2D eigenvalue weighted by molar-refractivity contribution is 6.31. The smallest absolute Gasteiger partial charge is 0.222 e. The van der Waals surface area contributed by atoms with Gasteiger partial charge < -0.3 is 21.5 Å². The van der Waals surface area contributed by atoms with Crippen molar-refractivity contribution in [2.75, 3.05) is 23.9 Å². The number of nitrogens with zero attached hydrogens (tertiary/aromatic N) is 2. The van der Waals surface area contributed by atoms with Crippen LogP contribution in [-0.2, 0) is 0 Å². The Hall–Kier alpha value is -2.99. The molecule has 0 fully saturated rings. The lowest BCUT2D eigenvalue weighted by atomic mass is 10.1. The summed E-state index contributed by atoms with van der Waals surface area (Å²) in [5, 5.41) is 3.75. The number of benzene rings is 2. The van der Waals surface area contributed by atoms with Gasteiger partial charge in [0.05, 0.1) is 12.8 Å². The summed E-state index contributed by atoms with van der Waals surface area (Å²) in [5.74, 6) is 1.35. The zero-order chi connectivity index (χ0) is 17.1. The van der Waals surface area contributed by atoms with Gasteiger partial charge in [-0.25, -0.2) is 4.98 Å². The van der Waals surface area contributed by atoms with E-state index < -0.39 is 0 Å². The molecule has 5 N–H and O–H groups in total. The van der Waals surface area contributed by atoms with Gasteiger partial charge in [0.15, 0.2) is 0 Å². The van der Waals surface area contributed by atoms with E-state index in [-0.39, 0.29) is 5.95 Å². The van der Waals surface area contributed by atoms with E-state index in [0.717, 1.165) is 11.3 Å². The second-order valence-corrected chi connectivity index (χ2v) is 5.52. The fourth-order valence-corrected chi connectivity index (χ4v) is 2.43. The van der Waals surface area contributed by atoms with Crippen LogP contribution < -0.4 is 21.5 Å². The first kappa shape index (κ1) is 15.9. The number of hydrogen-bond donors (Lipinski definition) is 3. The van der Waals surface area contributed by atoms with Gasteiger partial charge in [0.1, 0.15) is 11.6 Å². The van der Waals surface area contributed by atoms with Gasteiger partial charge in [-0.15, -0.1) is 0 Å². The van der Waals surface area contributed by atoms with Crippen LogP contribution in [0, 0.1) is 0 Å². The van der Waals surface area contributed by atoms with Crippen molar-refractivity contribution < 1.29 is 4.74 Å². The number of ether oxygens (including phenoxy) is 1. The number of methoxy groups -OCH3 is 1. The van der Waals surface area contributed by atoms with E-state index in [1.165, 1.54) is 0 Å². The number of nitrogens with two attached hydrogens (primary N) is 2. The molecule has 0 spiro atoms. The van der Waals surface area contributed by atoms with E-state index in [2.05, 4.69) is 15.3 Å². The number of aromatic nitrogens is 2. The summed E-state index contributed by atoms with van der Waals surface area (Å²) in [6, 6.07) is 14.4. The highest BCUT2D eigenvalue weighted by Gasteiger charge is 2.11. The second kappa shape index (κ2) is 6.64. The minimum Gasteiger partial charge on any atom is -0.496 e.